The number of nitrogen functional groups attached to an aromatic ring is 1. The molecule has 88 valence electrons. The van der Waals surface area contributed by atoms with Crippen molar-refractivity contribution in [1.29, 1.82) is 0 Å². The lowest BCUT2D eigenvalue weighted by Crippen LogP contribution is -2.39. The van der Waals surface area contributed by atoms with E-state index >= 15 is 0 Å². The number of nitrogens with one attached hydrogen (secondary N) is 1. The predicted octanol–water partition coefficient (Wildman–Crippen LogP) is 1.82. The van der Waals surface area contributed by atoms with E-state index in [2.05, 4.69) is 22.2 Å². The van der Waals surface area contributed by atoms with Crippen LogP contribution in [0.5, 0.6) is 0 Å². The van der Waals surface area contributed by atoms with E-state index in [1.54, 1.807) is 12.3 Å². The van der Waals surface area contributed by atoms with Gasteiger partial charge in [-0.2, -0.15) is 0 Å². The van der Waals surface area contributed by atoms with E-state index < -0.39 is 0 Å². The molecule has 1 unspecified atom stereocenters. The number of aromatic nitrogens is 1. The molecule has 0 amide bonds. The maximum atomic E-state index is 6.07. The first-order chi connectivity index (χ1) is 7.65. The van der Waals surface area contributed by atoms with Crippen molar-refractivity contribution in [2.45, 2.75) is 18.9 Å². The van der Waals surface area contributed by atoms with E-state index in [1.165, 1.54) is 13.0 Å². The molecule has 4 nitrogen and oxygen atoms in total. The van der Waals surface area contributed by atoms with E-state index in [0.29, 0.717) is 16.8 Å². The van der Waals surface area contributed by atoms with Crippen LogP contribution in [-0.2, 0) is 0 Å². The summed E-state index contributed by atoms with van der Waals surface area (Å²) in [5.41, 5.74) is 6.19. The predicted molar refractivity (Wildman–Crippen MR) is 67.8 cm³/mol. The first-order valence-electron chi connectivity index (χ1n) is 5.51. The van der Waals surface area contributed by atoms with Crippen LogP contribution in [0.4, 0.5) is 11.5 Å². The van der Waals surface area contributed by atoms with Crippen molar-refractivity contribution >= 4 is 23.1 Å². The average molecular weight is 241 g/mol. The molecule has 16 heavy (non-hydrogen) atoms. The molecule has 1 fully saturated rings. The third-order valence-electron chi connectivity index (χ3n) is 2.83. The fraction of sp³-hybridized carbons (Fsp3) is 0.545. The Kier molecular flexibility index (Phi) is 3.51. The van der Waals surface area contributed by atoms with Crippen molar-refractivity contribution < 1.29 is 0 Å². The summed E-state index contributed by atoms with van der Waals surface area (Å²) in [6.45, 7) is 2.20. The summed E-state index contributed by atoms with van der Waals surface area (Å²) in [5, 5.41) is 3.96. The molecule has 0 spiro atoms. The van der Waals surface area contributed by atoms with E-state index in [4.69, 9.17) is 17.3 Å². The van der Waals surface area contributed by atoms with Crippen LogP contribution in [0, 0.1) is 0 Å². The molecule has 1 aliphatic heterocycles. The molecule has 2 rings (SSSR count). The fourth-order valence-electron chi connectivity index (χ4n) is 2.04. The smallest absolute Gasteiger partial charge is 0.145 e. The number of pyridine rings is 1. The van der Waals surface area contributed by atoms with Gasteiger partial charge < -0.3 is 16.0 Å². The van der Waals surface area contributed by atoms with Gasteiger partial charge in [-0.1, -0.05) is 11.6 Å². The maximum absolute atomic E-state index is 6.07. The van der Waals surface area contributed by atoms with Crippen LogP contribution < -0.4 is 11.1 Å². The van der Waals surface area contributed by atoms with Gasteiger partial charge in [0.15, 0.2) is 0 Å². The zero-order valence-electron chi connectivity index (χ0n) is 9.41. The van der Waals surface area contributed by atoms with Crippen LogP contribution >= 0.6 is 11.6 Å². The lowest BCUT2D eigenvalue weighted by molar-refractivity contribution is 0.261. The molecule has 3 N–H and O–H groups in total. The largest absolute Gasteiger partial charge is 0.397 e. The molecule has 0 saturated carbocycles. The normalized spacial score (nSPS) is 22.0. The van der Waals surface area contributed by atoms with Gasteiger partial charge >= 0.3 is 0 Å². The third kappa shape index (κ3) is 2.77. The molecular formula is C11H17ClN4. The van der Waals surface area contributed by atoms with Gasteiger partial charge in [-0.15, -0.1) is 0 Å². The molecule has 0 aliphatic carbocycles. The van der Waals surface area contributed by atoms with Crippen LogP contribution in [0.3, 0.4) is 0 Å². The van der Waals surface area contributed by atoms with Crippen LogP contribution in [0.2, 0.25) is 5.02 Å². The van der Waals surface area contributed by atoms with Crippen molar-refractivity contribution in [3.63, 3.8) is 0 Å². The summed E-state index contributed by atoms with van der Waals surface area (Å²) in [6.07, 6.45) is 3.99. The quantitative estimate of drug-likeness (QED) is 0.828. The number of hydrogen-bond donors (Lipinski definition) is 2. The Hall–Kier alpha value is -1.00. The minimum atomic E-state index is 0.423. The number of nitrogens with zero attached hydrogens (tertiary/aromatic N) is 2. The number of hydrogen-bond acceptors (Lipinski definition) is 4. The Bertz CT molecular complexity index is 369. The molecule has 1 aliphatic rings. The highest BCUT2D eigenvalue weighted by molar-refractivity contribution is 6.33. The van der Waals surface area contributed by atoms with Gasteiger partial charge in [-0.3, -0.25) is 0 Å². The fourth-order valence-corrected chi connectivity index (χ4v) is 2.27. The van der Waals surface area contributed by atoms with Gasteiger partial charge in [0.25, 0.3) is 0 Å². The monoisotopic (exact) mass is 240 g/mol. The van der Waals surface area contributed by atoms with E-state index in [-0.39, 0.29) is 0 Å². The van der Waals surface area contributed by atoms with Crippen LogP contribution in [0.1, 0.15) is 12.8 Å². The standard InChI is InChI=1S/C11H17ClN4/c1-16-4-2-3-9(7-16)15-11-10(12)5-8(13)6-14-11/h5-6,9H,2-4,7,13H2,1H3,(H,14,15). The number of likely N-dealkylation sites (N-methyl/N-ethyl adjacent to an activating group) is 1. The number of halogens is 1. The van der Waals surface area contributed by atoms with Crippen molar-refractivity contribution in [3.05, 3.63) is 17.3 Å². The number of piperidine rings is 1. The lowest BCUT2D eigenvalue weighted by Gasteiger charge is -2.30. The minimum Gasteiger partial charge on any atom is -0.397 e. The summed E-state index contributed by atoms with van der Waals surface area (Å²) in [7, 11) is 2.13. The SMILES string of the molecule is CN1CCCC(Nc2ncc(N)cc2Cl)C1. The summed E-state index contributed by atoms with van der Waals surface area (Å²) in [5.74, 6) is 0.733. The van der Waals surface area contributed by atoms with Gasteiger partial charge in [-0.25, -0.2) is 4.98 Å². The van der Waals surface area contributed by atoms with Crippen LogP contribution in [0.15, 0.2) is 12.3 Å². The highest BCUT2D eigenvalue weighted by atomic mass is 35.5. The molecule has 1 aromatic rings. The molecule has 0 aromatic carbocycles. The molecule has 0 radical (unpaired) electrons. The van der Waals surface area contributed by atoms with Crippen LogP contribution in [-0.4, -0.2) is 36.1 Å². The molecule has 1 saturated heterocycles. The van der Waals surface area contributed by atoms with Crippen molar-refractivity contribution in [2.75, 3.05) is 31.2 Å². The van der Waals surface area contributed by atoms with Crippen molar-refractivity contribution in [1.82, 2.24) is 9.88 Å². The van der Waals surface area contributed by atoms with Gasteiger partial charge in [0.2, 0.25) is 0 Å². The molecular weight excluding hydrogens is 224 g/mol. The van der Waals surface area contributed by atoms with Gasteiger partial charge in [0.05, 0.1) is 16.9 Å². The third-order valence-corrected chi connectivity index (χ3v) is 3.12. The second kappa shape index (κ2) is 4.89. The first kappa shape index (κ1) is 11.5. The number of rotatable bonds is 2. The summed E-state index contributed by atoms with van der Waals surface area (Å²) < 4.78 is 0. The minimum absolute atomic E-state index is 0.423. The second-order valence-electron chi connectivity index (χ2n) is 4.34. The molecule has 0 bridgehead atoms. The number of likely N-dealkylation sites (tertiary alicyclic amines) is 1. The van der Waals surface area contributed by atoms with Crippen molar-refractivity contribution in [2.24, 2.45) is 0 Å². The Labute approximate surface area is 101 Å². The van der Waals surface area contributed by atoms with Gasteiger partial charge in [0, 0.05) is 12.6 Å². The Morgan fingerprint density at radius 3 is 3.12 bits per heavy atom. The molecule has 2 heterocycles. The highest BCUT2D eigenvalue weighted by Crippen LogP contribution is 2.23. The zero-order chi connectivity index (χ0) is 11.5. The van der Waals surface area contributed by atoms with Crippen molar-refractivity contribution in [3.8, 4) is 0 Å². The second-order valence-corrected chi connectivity index (χ2v) is 4.75. The maximum Gasteiger partial charge on any atom is 0.145 e. The van der Waals surface area contributed by atoms with Gasteiger partial charge in [-0.05, 0) is 32.5 Å². The van der Waals surface area contributed by atoms with E-state index in [1.807, 2.05) is 0 Å². The Balaban J connectivity index is 2.02. The number of nitrogens with two attached hydrogens (primary N) is 1. The molecule has 5 heteroatoms. The van der Waals surface area contributed by atoms with Gasteiger partial charge in [0.1, 0.15) is 5.82 Å². The lowest BCUT2D eigenvalue weighted by atomic mass is 10.1. The first-order valence-corrected chi connectivity index (χ1v) is 5.89. The topological polar surface area (TPSA) is 54.2 Å². The average Bonchev–Trinajstić information content (AvgIpc) is 2.22. The van der Waals surface area contributed by atoms with Crippen LogP contribution in [0.25, 0.3) is 0 Å². The summed E-state index contributed by atoms with van der Waals surface area (Å²) >= 11 is 6.07. The number of anilines is 2. The zero-order valence-corrected chi connectivity index (χ0v) is 10.2. The van der Waals surface area contributed by atoms with E-state index in [9.17, 15) is 0 Å². The van der Waals surface area contributed by atoms with E-state index in [0.717, 1.165) is 18.8 Å². The molecule has 1 atom stereocenters. The Morgan fingerprint density at radius 1 is 1.62 bits per heavy atom. The summed E-state index contributed by atoms with van der Waals surface area (Å²) in [4.78, 5) is 6.52. The molecule has 1 aromatic heterocycles. The Morgan fingerprint density at radius 2 is 2.44 bits per heavy atom. The summed E-state index contributed by atoms with van der Waals surface area (Å²) in [6, 6.07) is 2.15. The highest BCUT2D eigenvalue weighted by Gasteiger charge is 2.18.